The van der Waals surface area contributed by atoms with Crippen molar-refractivity contribution in [3.05, 3.63) is 66.0 Å². The molecule has 2 aliphatic rings. The van der Waals surface area contributed by atoms with Crippen LogP contribution in [0.15, 0.2) is 54.7 Å². The van der Waals surface area contributed by atoms with Crippen LogP contribution in [0.1, 0.15) is 41.7 Å². The minimum absolute atomic E-state index is 0.0138. The molecule has 4 rings (SSSR count). The van der Waals surface area contributed by atoms with E-state index in [1.165, 1.54) is 0 Å². The molecule has 2 amide bonds. The first kappa shape index (κ1) is 20.5. The zero-order valence-electron chi connectivity index (χ0n) is 17.4. The van der Waals surface area contributed by atoms with Gasteiger partial charge in [-0.05, 0) is 43.5 Å². The summed E-state index contributed by atoms with van der Waals surface area (Å²) in [6.07, 6.45) is 5.43. The highest BCUT2D eigenvalue weighted by atomic mass is 16.2. The summed E-state index contributed by atoms with van der Waals surface area (Å²) in [6.45, 7) is 3.69. The van der Waals surface area contributed by atoms with E-state index in [2.05, 4.69) is 15.2 Å². The molecule has 0 bridgehead atoms. The van der Waals surface area contributed by atoms with Crippen LogP contribution in [0.4, 0.5) is 0 Å². The molecule has 158 valence electrons. The van der Waals surface area contributed by atoms with Crippen LogP contribution < -0.4 is 5.32 Å². The van der Waals surface area contributed by atoms with Crippen molar-refractivity contribution in [2.75, 3.05) is 26.2 Å². The van der Waals surface area contributed by atoms with Crippen molar-refractivity contribution >= 4 is 11.8 Å². The summed E-state index contributed by atoms with van der Waals surface area (Å²) in [7, 11) is 0. The van der Waals surface area contributed by atoms with Crippen LogP contribution in [0.5, 0.6) is 0 Å². The van der Waals surface area contributed by atoms with Crippen LogP contribution >= 0.6 is 0 Å². The van der Waals surface area contributed by atoms with Gasteiger partial charge in [-0.2, -0.15) is 0 Å². The standard InChI is InChI=1S/C24H30N4O2/c29-23-21-11-6-12-22(21)28(24(30)19-8-2-1-3-9-19)16-7-15-27(17-14-26-23)18-20-10-4-5-13-25-20/h1-5,8-10,13,21-22H,6-7,11-12,14-18H2,(H,26,29). The van der Waals surface area contributed by atoms with E-state index in [1.54, 1.807) is 0 Å². The van der Waals surface area contributed by atoms with Gasteiger partial charge in [0.1, 0.15) is 0 Å². The lowest BCUT2D eigenvalue weighted by Gasteiger charge is -2.33. The second kappa shape index (κ2) is 9.85. The third kappa shape index (κ3) is 4.87. The number of hydrogen-bond acceptors (Lipinski definition) is 4. The lowest BCUT2D eigenvalue weighted by molar-refractivity contribution is -0.126. The molecule has 6 heteroatoms. The second-order valence-electron chi connectivity index (χ2n) is 8.21. The summed E-state index contributed by atoms with van der Waals surface area (Å²) in [5, 5.41) is 3.13. The highest BCUT2D eigenvalue weighted by Crippen LogP contribution is 2.31. The van der Waals surface area contributed by atoms with Gasteiger partial charge in [0.2, 0.25) is 5.91 Å². The normalized spacial score (nSPS) is 23.3. The van der Waals surface area contributed by atoms with E-state index in [4.69, 9.17) is 0 Å². The maximum absolute atomic E-state index is 13.3. The summed E-state index contributed by atoms with van der Waals surface area (Å²) < 4.78 is 0. The van der Waals surface area contributed by atoms with Gasteiger partial charge >= 0.3 is 0 Å². The molecule has 1 aliphatic heterocycles. The Hall–Kier alpha value is -2.73. The quantitative estimate of drug-likeness (QED) is 0.851. The van der Waals surface area contributed by atoms with Gasteiger partial charge in [-0.15, -0.1) is 0 Å². The molecule has 1 saturated carbocycles. The van der Waals surface area contributed by atoms with Crippen molar-refractivity contribution in [2.45, 2.75) is 38.3 Å². The van der Waals surface area contributed by atoms with Crippen LogP contribution in [0, 0.1) is 5.92 Å². The molecule has 2 aromatic rings. The van der Waals surface area contributed by atoms with E-state index >= 15 is 0 Å². The Morgan fingerprint density at radius 1 is 1.00 bits per heavy atom. The SMILES string of the molecule is O=C1NCCN(Cc2ccccn2)CCCN(C(=O)c2ccccc2)C2CCCC12. The summed E-state index contributed by atoms with van der Waals surface area (Å²) in [6, 6.07) is 15.4. The Morgan fingerprint density at radius 2 is 1.83 bits per heavy atom. The summed E-state index contributed by atoms with van der Waals surface area (Å²) in [4.78, 5) is 35.0. The zero-order valence-corrected chi connectivity index (χ0v) is 17.4. The first-order valence-corrected chi connectivity index (χ1v) is 11.0. The fourth-order valence-electron chi connectivity index (χ4n) is 4.71. The van der Waals surface area contributed by atoms with Crippen molar-refractivity contribution in [2.24, 2.45) is 5.92 Å². The Kier molecular flexibility index (Phi) is 6.74. The Balaban J connectivity index is 1.52. The Bertz CT molecular complexity index is 843. The molecular formula is C24H30N4O2. The van der Waals surface area contributed by atoms with E-state index in [9.17, 15) is 9.59 Å². The smallest absolute Gasteiger partial charge is 0.254 e. The van der Waals surface area contributed by atoms with Crippen LogP contribution in [0.2, 0.25) is 0 Å². The lowest BCUT2D eigenvalue weighted by atomic mass is 9.99. The third-order valence-electron chi connectivity index (χ3n) is 6.21. The van der Waals surface area contributed by atoms with E-state index in [0.29, 0.717) is 18.7 Å². The number of carbonyl (C=O) groups is 2. The lowest BCUT2D eigenvalue weighted by Crippen LogP contribution is -2.47. The average Bonchev–Trinajstić information content (AvgIpc) is 3.26. The van der Waals surface area contributed by atoms with Gasteiger partial charge in [0.25, 0.3) is 5.91 Å². The molecule has 0 spiro atoms. The number of amides is 2. The summed E-state index contributed by atoms with van der Waals surface area (Å²) in [5.41, 5.74) is 1.72. The predicted octanol–water partition coefficient (Wildman–Crippen LogP) is 2.71. The first-order chi connectivity index (χ1) is 14.7. The molecule has 1 N–H and O–H groups in total. The molecule has 30 heavy (non-hydrogen) atoms. The predicted molar refractivity (Wildman–Crippen MR) is 116 cm³/mol. The molecule has 1 saturated heterocycles. The van der Waals surface area contributed by atoms with E-state index < -0.39 is 0 Å². The van der Waals surface area contributed by atoms with E-state index in [-0.39, 0.29) is 23.8 Å². The molecule has 2 heterocycles. The highest BCUT2D eigenvalue weighted by Gasteiger charge is 2.39. The molecular weight excluding hydrogens is 376 g/mol. The molecule has 1 aromatic heterocycles. The summed E-state index contributed by atoms with van der Waals surface area (Å²) >= 11 is 0. The number of carbonyl (C=O) groups excluding carboxylic acids is 2. The topological polar surface area (TPSA) is 65.5 Å². The van der Waals surface area contributed by atoms with Gasteiger partial charge in [0.15, 0.2) is 0 Å². The highest BCUT2D eigenvalue weighted by molar-refractivity contribution is 5.95. The van der Waals surface area contributed by atoms with Gasteiger partial charge in [0.05, 0.1) is 11.6 Å². The maximum Gasteiger partial charge on any atom is 0.254 e. The number of pyridine rings is 1. The summed E-state index contributed by atoms with van der Waals surface area (Å²) in [5.74, 6) is 0.0128. The monoisotopic (exact) mass is 406 g/mol. The van der Waals surface area contributed by atoms with Crippen molar-refractivity contribution in [1.29, 1.82) is 0 Å². The molecule has 2 fully saturated rings. The molecule has 1 aromatic carbocycles. The Labute approximate surface area is 178 Å². The van der Waals surface area contributed by atoms with Crippen LogP contribution in [-0.2, 0) is 11.3 Å². The zero-order chi connectivity index (χ0) is 20.8. The van der Waals surface area contributed by atoms with Crippen molar-refractivity contribution in [3.63, 3.8) is 0 Å². The number of nitrogens with one attached hydrogen (secondary N) is 1. The molecule has 0 radical (unpaired) electrons. The van der Waals surface area contributed by atoms with Gasteiger partial charge in [0, 0.05) is 50.5 Å². The fraction of sp³-hybridized carbons (Fsp3) is 0.458. The van der Waals surface area contributed by atoms with Crippen molar-refractivity contribution < 1.29 is 9.59 Å². The number of rotatable bonds is 3. The number of aromatic nitrogens is 1. The molecule has 1 aliphatic carbocycles. The molecule has 2 unspecified atom stereocenters. The van der Waals surface area contributed by atoms with Gasteiger partial charge in [-0.3, -0.25) is 19.5 Å². The average molecular weight is 407 g/mol. The van der Waals surface area contributed by atoms with E-state index in [0.717, 1.165) is 51.0 Å². The number of hydrogen-bond donors (Lipinski definition) is 1. The fourth-order valence-corrected chi connectivity index (χ4v) is 4.71. The van der Waals surface area contributed by atoms with Gasteiger partial charge in [-0.1, -0.05) is 30.7 Å². The molecule has 6 nitrogen and oxygen atoms in total. The second-order valence-corrected chi connectivity index (χ2v) is 8.21. The van der Waals surface area contributed by atoms with E-state index in [1.807, 2.05) is 59.6 Å². The van der Waals surface area contributed by atoms with Crippen LogP contribution in [-0.4, -0.2) is 58.8 Å². The minimum atomic E-state index is -0.111. The number of fused-ring (bicyclic) bond motifs is 1. The third-order valence-corrected chi connectivity index (χ3v) is 6.21. The largest absolute Gasteiger partial charge is 0.355 e. The first-order valence-electron chi connectivity index (χ1n) is 11.0. The number of benzene rings is 1. The molecule has 2 atom stereocenters. The van der Waals surface area contributed by atoms with Crippen LogP contribution in [0.3, 0.4) is 0 Å². The van der Waals surface area contributed by atoms with Gasteiger partial charge in [-0.25, -0.2) is 0 Å². The Morgan fingerprint density at radius 3 is 2.63 bits per heavy atom. The maximum atomic E-state index is 13.3. The van der Waals surface area contributed by atoms with Gasteiger partial charge < -0.3 is 10.2 Å². The van der Waals surface area contributed by atoms with Crippen molar-refractivity contribution in [3.8, 4) is 0 Å². The van der Waals surface area contributed by atoms with Crippen LogP contribution in [0.25, 0.3) is 0 Å². The number of nitrogens with zero attached hydrogens (tertiary/aromatic N) is 3. The minimum Gasteiger partial charge on any atom is -0.355 e. The van der Waals surface area contributed by atoms with Crippen molar-refractivity contribution in [1.82, 2.24) is 20.1 Å².